The summed E-state index contributed by atoms with van der Waals surface area (Å²) in [7, 11) is -3.49. The molecule has 0 heterocycles. The molecule has 0 fully saturated rings. The molecular weight excluding hydrogens is 310 g/mol. The van der Waals surface area contributed by atoms with E-state index in [0.717, 1.165) is 42.4 Å². The molecule has 0 amide bonds. The Hall–Kier alpha value is -0.950. The van der Waals surface area contributed by atoms with Crippen LogP contribution in [0.3, 0.4) is 0 Å². The Kier molecular flexibility index (Phi) is 8.19. The van der Waals surface area contributed by atoms with Crippen molar-refractivity contribution in [3.8, 4) is 0 Å². The fraction of sp³-hybridized carbons (Fsp3) is 0.647. The van der Waals surface area contributed by atoms with Gasteiger partial charge in [0.05, 0.1) is 4.90 Å². The zero-order valence-electron chi connectivity index (χ0n) is 14.6. The van der Waals surface area contributed by atoms with Crippen LogP contribution in [0.5, 0.6) is 0 Å². The van der Waals surface area contributed by atoms with Crippen LogP contribution < -0.4 is 11.5 Å². The quantitative estimate of drug-likeness (QED) is 0.638. The van der Waals surface area contributed by atoms with Crippen molar-refractivity contribution < 1.29 is 8.42 Å². The molecule has 4 N–H and O–H groups in total. The molecule has 5 nitrogen and oxygen atoms in total. The molecule has 0 aliphatic rings. The summed E-state index contributed by atoms with van der Waals surface area (Å²) in [4.78, 5) is 0.448. The number of hydrogen-bond donors (Lipinski definition) is 2. The van der Waals surface area contributed by atoms with E-state index >= 15 is 0 Å². The van der Waals surface area contributed by atoms with Gasteiger partial charge in [-0.25, -0.2) is 8.42 Å². The summed E-state index contributed by atoms with van der Waals surface area (Å²) in [6.45, 7) is 7.90. The zero-order chi connectivity index (χ0) is 17.5. The van der Waals surface area contributed by atoms with Crippen LogP contribution in [-0.4, -0.2) is 38.9 Å². The summed E-state index contributed by atoms with van der Waals surface area (Å²) in [5.41, 5.74) is 13.8. The molecule has 0 atom stereocenters. The lowest BCUT2D eigenvalue weighted by Gasteiger charge is -2.24. The van der Waals surface area contributed by atoms with Gasteiger partial charge < -0.3 is 11.5 Å². The predicted octanol–water partition coefficient (Wildman–Crippen LogP) is 2.08. The van der Waals surface area contributed by atoms with Gasteiger partial charge in [-0.15, -0.1) is 0 Å². The Bertz CT molecular complexity index is 567. The predicted molar refractivity (Wildman–Crippen MR) is 96.0 cm³/mol. The van der Waals surface area contributed by atoms with Gasteiger partial charge >= 0.3 is 0 Å². The molecule has 1 aromatic carbocycles. The monoisotopic (exact) mass is 341 g/mol. The van der Waals surface area contributed by atoms with Crippen LogP contribution in [0.2, 0.25) is 0 Å². The molecule has 0 spiro atoms. The van der Waals surface area contributed by atoms with Gasteiger partial charge in [0.1, 0.15) is 0 Å². The minimum atomic E-state index is -3.49. The van der Waals surface area contributed by atoms with Crippen LogP contribution in [0.25, 0.3) is 0 Å². The topological polar surface area (TPSA) is 89.4 Å². The van der Waals surface area contributed by atoms with Gasteiger partial charge in [0.25, 0.3) is 0 Å². The number of unbranched alkanes of at least 4 members (excludes halogenated alkanes) is 2. The fourth-order valence-corrected chi connectivity index (χ4v) is 4.85. The molecule has 0 saturated carbocycles. The smallest absolute Gasteiger partial charge is 0.243 e. The first-order valence-electron chi connectivity index (χ1n) is 8.32. The number of nitrogens with zero attached hydrogens (tertiary/aromatic N) is 1. The number of hydrogen-bond acceptors (Lipinski definition) is 4. The van der Waals surface area contributed by atoms with E-state index in [1.807, 2.05) is 32.9 Å². The van der Waals surface area contributed by atoms with E-state index in [1.165, 1.54) is 0 Å². The van der Waals surface area contributed by atoms with Crippen molar-refractivity contribution in [3.63, 3.8) is 0 Å². The van der Waals surface area contributed by atoms with E-state index in [-0.39, 0.29) is 0 Å². The van der Waals surface area contributed by atoms with Gasteiger partial charge in [0.15, 0.2) is 0 Å². The van der Waals surface area contributed by atoms with Crippen molar-refractivity contribution >= 4 is 10.0 Å². The summed E-state index contributed by atoms with van der Waals surface area (Å²) >= 11 is 0. The minimum Gasteiger partial charge on any atom is -0.330 e. The fourth-order valence-electron chi connectivity index (χ4n) is 2.92. The third kappa shape index (κ3) is 5.57. The molecule has 0 aliphatic carbocycles. The summed E-state index contributed by atoms with van der Waals surface area (Å²) in [5, 5.41) is 0. The number of nitrogens with two attached hydrogens (primary N) is 2. The van der Waals surface area contributed by atoms with Crippen LogP contribution in [0, 0.1) is 20.8 Å². The van der Waals surface area contributed by atoms with E-state index in [0.29, 0.717) is 31.1 Å². The Morgan fingerprint density at radius 1 is 0.870 bits per heavy atom. The van der Waals surface area contributed by atoms with E-state index in [2.05, 4.69) is 0 Å². The summed E-state index contributed by atoms with van der Waals surface area (Å²) in [5.74, 6) is 0. The average Bonchev–Trinajstić information content (AvgIpc) is 2.44. The third-order valence-electron chi connectivity index (χ3n) is 3.93. The van der Waals surface area contributed by atoms with Crippen LogP contribution >= 0.6 is 0 Å². The molecule has 0 aliphatic heterocycles. The second kappa shape index (κ2) is 9.37. The minimum absolute atomic E-state index is 0.448. The molecule has 0 bridgehead atoms. The van der Waals surface area contributed by atoms with Crippen molar-refractivity contribution in [1.82, 2.24) is 4.31 Å². The lowest BCUT2D eigenvalue weighted by atomic mass is 10.1. The molecule has 132 valence electrons. The lowest BCUT2D eigenvalue weighted by molar-refractivity contribution is 0.391. The maximum absolute atomic E-state index is 13.1. The SMILES string of the molecule is Cc1cc(C)c(S(=O)(=O)N(CCCCN)CCCCN)c(C)c1. The molecule has 0 radical (unpaired) electrons. The van der Waals surface area contributed by atoms with Crippen molar-refractivity contribution in [3.05, 3.63) is 28.8 Å². The Morgan fingerprint density at radius 3 is 1.70 bits per heavy atom. The molecule has 0 unspecified atom stereocenters. The van der Waals surface area contributed by atoms with Crippen molar-refractivity contribution in [2.24, 2.45) is 11.5 Å². The second-order valence-electron chi connectivity index (χ2n) is 6.12. The third-order valence-corrected chi connectivity index (χ3v) is 6.13. The van der Waals surface area contributed by atoms with E-state index in [4.69, 9.17) is 11.5 Å². The van der Waals surface area contributed by atoms with Gasteiger partial charge in [-0.3, -0.25) is 0 Å². The Morgan fingerprint density at radius 2 is 1.30 bits per heavy atom. The maximum Gasteiger partial charge on any atom is 0.243 e. The first-order chi connectivity index (χ1) is 10.8. The van der Waals surface area contributed by atoms with Gasteiger partial charge in [-0.2, -0.15) is 4.31 Å². The first-order valence-corrected chi connectivity index (χ1v) is 9.76. The molecular formula is C17H31N3O2S. The molecule has 1 aromatic rings. The van der Waals surface area contributed by atoms with Crippen LogP contribution in [-0.2, 0) is 10.0 Å². The second-order valence-corrected chi connectivity index (χ2v) is 8.00. The van der Waals surface area contributed by atoms with Gasteiger partial charge in [-0.1, -0.05) is 17.7 Å². The largest absolute Gasteiger partial charge is 0.330 e. The summed E-state index contributed by atoms with van der Waals surface area (Å²) < 4.78 is 27.9. The highest BCUT2D eigenvalue weighted by atomic mass is 32.2. The van der Waals surface area contributed by atoms with Crippen LogP contribution in [0.4, 0.5) is 0 Å². The van der Waals surface area contributed by atoms with Crippen molar-refractivity contribution in [2.75, 3.05) is 26.2 Å². The van der Waals surface area contributed by atoms with E-state index in [9.17, 15) is 8.42 Å². The van der Waals surface area contributed by atoms with E-state index < -0.39 is 10.0 Å². The van der Waals surface area contributed by atoms with Gasteiger partial charge in [0.2, 0.25) is 10.0 Å². The molecule has 0 aromatic heterocycles. The van der Waals surface area contributed by atoms with Crippen LogP contribution in [0.1, 0.15) is 42.4 Å². The zero-order valence-corrected chi connectivity index (χ0v) is 15.5. The van der Waals surface area contributed by atoms with Gasteiger partial charge in [0, 0.05) is 13.1 Å². The van der Waals surface area contributed by atoms with Crippen LogP contribution in [0.15, 0.2) is 17.0 Å². The van der Waals surface area contributed by atoms with Crippen molar-refractivity contribution in [1.29, 1.82) is 0 Å². The molecule has 1 rings (SSSR count). The lowest BCUT2D eigenvalue weighted by Crippen LogP contribution is -2.34. The standard InChI is InChI=1S/C17H31N3O2S/c1-14-12-15(2)17(16(3)13-14)23(21,22)20(10-6-4-8-18)11-7-5-9-19/h12-13H,4-11,18-19H2,1-3H3. The molecule has 6 heteroatoms. The molecule has 0 saturated heterocycles. The van der Waals surface area contributed by atoms with E-state index in [1.54, 1.807) is 4.31 Å². The van der Waals surface area contributed by atoms with Crippen molar-refractivity contribution in [2.45, 2.75) is 51.3 Å². The Balaban J connectivity index is 3.10. The number of sulfonamides is 1. The number of rotatable bonds is 10. The normalized spacial score (nSPS) is 12.1. The highest BCUT2D eigenvalue weighted by Crippen LogP contribution is 2.25. The average molecular weight is 342 g/mol. The summed E-state index contributed by atoms with van der Waals surface area (Å²) in [6.07, 6.45) is 3.22. The maximum atomic E-state index is 13.1. The highest BCUT2D eigenvalue weighted by Gasteiger charge is 2.27. The summed E-state index contributed by atoms with van der Waals surface area (Å²) in [6, 6.07) is 3.86. The highest BCUT2D eigenvalue weighted by molar-refractivity contribution is 7.89. The number of benzene rings is 1. The molecule has 23 heavy (non-hydrogen) atoms. The number of aryl methyl sites for hydroxylation is 3. The van der Waals surface area contributed by atoms with Gasteiger partial charge in [-0.05, 0) is 70.7 Å². The Labute approximate surface area is 141 Å². The first kappa shape index (κ1) is 20.1.